The van der Waals surface area contributed by atoms with Gasteiger partial charge in [0.15, 0.2) is 15.7 Å². The zero-order valence-corrected chi connectivity index (χ0v) is 19.6. The van der Waals surface area contributed by atoms with Crippen molar-refractivity contribution in [2.45, 2.75) is 18.7 Å². The lowest BCUT2D eigenvalue weighted by molar-refractivity contribution is 0.0985. The number of rotatable bonds is 8. The number of carbonyl (C=O) groups is 1. The summed E-state index contributed by atoms with van der Waals surface area (Å²) in [6, 6.07) is 5.30. The van der Waals surface area contributed by atoms with Gasteiger partial charge >= 0.3 is 6.03 Å². The number of carbonyl (C=O) groups excluding carboxylic acids is 1. The van der Waals surface area contributed by atoms with Gasteiger partial charge in [0.05, 0.1) is 43.0 Å². The summed E-state index contributed by atoms with van der Waals surface area (Å²) in [7, 11) is -1.84. The second-order valence-electron chi connectivity index (χ2n) is 7.80. The maximum atomic E-state index is 14.7. The standard InChI is InChI=1S/C21H28FN5O5S/c1-14-12-32-9-7-27(14)19-11-16(13-33(3,29)30)24-20(26-19)15-4-5-18(17(22)10-15)25-21(28)23-6-8-31-2/h4-5,10-11,14H,6-9,12-13H2,1-3H3,(H2,23,25,28)/t14-/m1/s1. The Labute approximate surface area is 192 Å². The van der Waals surface area contributed by atoms with E-state index in [0.29, 0.717) is 43.4 Å². The molecule has 0 unspecified atom stereocenters. The van der Waals surface area contributed by atoms with E-state index in [0.717, 1.165) is 6.26 Å². The Morgan fingerprint density at radius 2 is 2.12 bits per heavy atom. The summed E-state index contributed by atoms with van der Waals surface area (Å²) >= 11 is 0. The van der Waals surface area contributed by atoms with Crippen molar-refractivity contribution in [2.24, 2.45) is 0 Å². The second-order valence-corrected chi connectivity index (χ2v) is 9.94. The van der Waals surface area contributed by atoms with Crippen molar-refractivity contribution in [1.29, 1.82) is 0 Å². The van der Waals surface area contributed by atoms with Gasteiger partial charge in [0.2, 0.25) is 0 Å². The third-order valence-corrected chi connectivity index (χ3v) is 5.73. The van der Waals surface area contributed by atoms with Gasteiger partial charge in [0.25, 0.3) is 0 Å². The highest BCUT2D eigenvalue weighted by molar-refractivity contribution is 7.89. The molecule has 1 aliphatic heterocycles. The highest BCUT2D eigenvalue weighted by Gasteiger charge is 2.23. The highest BCUT2D eigenvalue weighted by Crippen LogP contribution is 2.26. The number of aromatic nitrogens is 2. The predicted octanol–water partition coefficient (Wildman–Crippen LogP) is 1.82. The Kier molecular flexibility index (Phi) is 8.16. The average molecular weight is 482 g/mol. The van der Waals surface area contributed by atoms with E-state index >= 15 is 0 Å². The number of urea groups is 1. The van der Waals surface area contributed by atoms with E-state index in [1.807, 2.05) is 11.8 Å². The second kappa shape index (κ2) is 10.9. The molecule has 2 amide bonds. The SMILES string of the molecule is COCCNC(=O)Nc1ccc(-c2nc(CS(C)(=O)=O)cc(N3CCOC[C@H]3C)n2)cc1F. The van der Waals surface area contributed by atoms with Gasteiger partial charge < -0.3 is 25.0 Å². The monoisotopic (exact) mass is 481 g/mol. The van der Waals surface area contributed by atoms with E-state index in [-0.39, 0.29) is 29.9 Å². The van der Waals surface area contributed by atoms with Crippen molar-refractivity contribution in [3.05, 3.63) is 35.8 Å². The summed E-state index contributed by atoms with van der Waals surface area (Å²) in [4.78, 5) is 22.8. The Morgan fingerprint density at radius 1 is 1.33 bits per heavy atom. The number of ether oxygens (including phenoxy) is 2. The van der Waals surface area contributed by atoms with Crippen LogP contribution in [0.15, 0.2) is 24.3 Å². The quantitative estimate of drug-likeness (QED) is 0.548. The van der Waals surface area contributed by atoms with Gasteiger partial charge in [0, 0.05) is 38.1 Å². The first kappa shape index (κ1) is 24.8. The molecule has 1 aromatic heterocycles. The van der Waals surface area contributed by atoms with Crippen LogP contribution in [0.25, 0.3) is 11.4 Å². The molecule has 1 aliphatic rings. The number of hydrogen-bond donors (Lipinski definition) is 2. The first-order valence-electron chi connectivity index (χ1n) is 10.4. The summed E-state index contributed by atoms with van der Waals surface area (Å²) in [6.45, 7) is 4.22. The minimum absolute atomic E-state index is 0.0111. The molecule has 0 radical (unpaired) electrons. The van der Waals surface area contributed by atoms with E-state index < -0.39 is 21.7 Å². The molecule has 2 aromatic rings. The van der Waals surface area contributed by atoms with E-state index in [1.165, 1.54) is 19.2 Å². The van der Waals surface area contributed by atoms with Crippen LogP contribution in [0.5, 0.6) is 0 Å². The Morgan fingerprint density at radius 3 is 2.79 bits per heavy atom. The Balaban J connectivity index is 1.90. The fourth-order valence-electron chi connectivity index (χ4n) is 3.36. The van der Waals surface area contributed by atoms with Crippen molar-refractivity contribution in [1.82, 2.24) is 15.3 Å². The van der Waals surface area contributed by atoms with Crippen LogP contribution < -0.4 is 15.5 Å². The van der Waals surface area contributed by atoms with Crippen molar-refractivity contribution >= 4 is 27.4 Å². The minimum atomic E-state index is -3.35. The number of hydrogen-bond acceptors (Lipinski definition) is 8. The molecule has 3 rings (SSSR count). The van der Waals surface area contributed by atoms with Crippen molar-refractivity contribution in [3.8, 4) is 11.4 Å². The normalized spacial score (nSPS) is 16.5. The van der Waals surface area contributed by atoms with Crippen LogP contribution in [0, 0.1) is 5.82 Å². The Hall–Kier alpha value is -2.83. The zero-order chi connectivity index (χ0) is 24.0. The van der Waals surface area contributed by atoms with E-state index in [4.69, 9.17) is 9.47 Å². The van der Waals surface area contributed by atoms with Crippen LogP contribution in [-0.2, 0) is 25.1 Å². The molecule has 2 N–H and O–H groups in total. The number of sulfone groups is 1. The number of methoxy groups -OCH3 is 1. The molecule has 0 aliphatic carbocycles. The van der Waals surface area contributed by atoms with Crippen molar-refractivity contribution in [2.75, 3.05) is 56.5 Å². The molecule has 12 heteroatoms. The summed E-state index contributed by atoms with van der Waals surface area (Å²) < 4.78 is 48.8. The Bertz CT molecular complexity index is 1100. The maximum Gasteiger partial charge on any atom is 0.319 e. The van der Waals surface area contributed by atoms with Crippen LogP contribution in [0.2, 0.25) is 0 Å². The van der Waals surface area contributed by atoms with Gasteiger partial charge in [-0.3, -0.25) is 0 Å². The highest BCUT2D eigenvalue weighted by atomic mass is 32.2. The van der Waals surface area contributed by atoms with Gasteiger partial charge in [-0.2, -0.15) is 0 Å². The maximum absolute atomic E-state index is 14.7. The molecule has 1 atom stereocenters. The molecule has 0 spiro atoms. The molecule has 0 bridgehead atoms. The van der Waals surface area contributed by atoms with E-state index in [9.17, 15) is 17.6 Å². The molecule has 1 aromatic carbocycles. The van der Waals surface area contributed by atoms with Crippen LogP contribution >= 0.6 is 0 Å². The number of morpholine rings is 1. The van der Waals surface area contributed by atoms with Crippen molar-refractivity contribution < 1.29 is 27.1 Å². The lowest BCUT2D eigenvalue weighted by Crippen LogP contribution is -2.44. The van der Waals surface area contributed by atoms with Crippen LogP contribution in [0.3, 0.4) is 0 Å². The molecular formula is C21H28FN5O5S. The van der Waals surface area contributed by atoms with Crippen LogP contribution in [0.4, 0.5) is 20.7 Å². The first-order valence-corrected chi connectivity index (χ1v) is 12.5. The fraction of sp³-hybridized carbons (Fsp3) is 0.476. The van der Waals surface area contributed by atoms with Gasteiger partial charge in [-0.25, -0.2) is 27.6 Å². The number of halogens is 1. The number of nitrogens with zero attached hydrogens (tertiary/aromatic N) is 3. The van der Waals surface area contributed by atoms with E-state index in [2.05, 4.69) is 20.6 Å². The topological polar surface area (TPSA) is 123 Å². The molecule has 1 fully saturated rings. The van der Waals surface area contributed by atoms with Gasteiger partial charge in [-0.15, -0.1) is 0 Å². The first-order chi connectivity index (χ1) is 15.7. The molecule has 180 valence electrons. The number of anilines is 2. The zero-order valence-electron chi connectivity index (χ0n) is 18.8. The number of nitrogens with one attached hydrogen (secondary N) is 2. The molecule has 2 heterocycles. The molecular weight excluding hydrogens is 453 g/mol. The fourth-order valence-corrected chi connectivity index (χ4v) is 4.04. The molecule has 10 nitrogen and oxygen atoms in total. The number of benzene rings is 1. The predicted molar refractivity (Wildman–Crippen MR) is 122 cm³/mol. The lowest BCUT2D eigenvalue weighted by Gasteiger charge is -2.34. The van der Waals surface area contributed by atoms with Gasteiger partial charge in [0.1, 0.15) is 11.6 Å². The average Bonchev–Trinajstić information content (AvgIpc) is 2.74. The number of amides is 2. The molecule has 1 saturated heterocycles. The van der Waals surface area contributed by atoms with Crippen LogP contribution in [-0.4, -0.2) is 76.7 Å². The van der Waals surface area contributed by atoms with E-state index in [1.54, 1.807) is 12.1 Å². The third kappa shape index (κ3) is 7.07. The summed E-state index contributed by atoms with van der Waals surface area (Å²) in [6.07, 6.45) is 1.13. The molecule has 33 heavy (non-hydrogen) atoms. The van der Waals surface area contributed by atoms with Crippen LogP contribution in [0.1, 0.15) is 12.6 Å². The largest absolute Gasteiger partial charge is 0.383 e. The molecule has 0 saturated carbocycles. The summed E-state index contributed by atoms with van der Waals surface area (Å²) in [5.41, 5.74) is 0.662. The van der Waals surface area contributed by atoms with Gasteiger partial charge in [-0.05, 0) is 25.1 Å². The minimum Gasteiger partial charge on any atom is -0.383 e. The third-order valence-electron chi connectivity index (χ3n) is 4.90. The van der Waals surface area contributed by atoms with Gasteiger partial charge in [-0.1, -0.05) is 0 Å². The summed E-state index contributed by atoms with van der Waals surface area (Å²) in [5, 5.41) is 4.98. The lowest BCUT2D eigenvalue weighted by atomic mass is 10.1. The smallest absolute Gasteiger partial charge is 0.319 e. The van der Waals surface area contributed by atoms with Crippen molar-refractivity contribution in [3.63, 3.8) is 0 Å². The summed E-state index contributed by atoms with van der Waals surface area (Å²) in [5.74, 6) is -0.194.